The summed E-state index contributed by atoms with van der Waals surface area (Å²) in [7, 11) is 0. The van der Waals surface area contributed by atoms with Gasteiger partial charge in [-0.2, -0.15) is 0 Å². The van der Waals surface area contributed by atoms with Gasteiger partial charge in [0.05, 0.1) is 6.10 Å². The summed E-state index contributed by atoms with van der Waals surface area (Å²) in [5.41, 5.74) is 6.88. The van der Waals surface area contributed by atoms with E-state index in [1.807, 2.05) is 20.8 Å². The van der Waals surface area contributed by atoms with Crippen LogP contribution in [0.4, 0.5) is 0 Å². The summed E-state index contributed by atoms with van der Waals surface area (Å²) in [4.78, 5) is 26.0. The molecule has 2 aromatic heterocycles. The number of hydrogen-bond donors (Lipinski definition) is 0. The number of aryl methyl sites for hydroxylation is 3. The molecule has 2 atom stereocenters. The molecule has 1 aliphatic heterocycles. The van der Waals surface area contributed by atoms with Gasteiger partial charge in [0.25, 0.3) is 0 Å². The van der Waals surface area contributed by atoms with Crippen molar-refractivity contribution in [1.29, 1.82) is 0 Å². The molecule has 1 unspecified atom stereocenters. The Kier molecular flexibility index (Phi) is 8.28. The first-order chi connectivity index (χ1) is 19.3. The van der Waals surface area contributed by atoms with Crippen molar-refractivity contribution in [2.75, 3.05) is 19.7 Å². The van der Waals surface area contributed by atoms with Gasteiger partial charge >= 0.3 is 5.97 Å². The highest BCUT2D eigenvalue weighted by molar-refractivity contribution is 5.78. The highest BCUT2D eigenvalue weighted by atomic mass is 16.6. The van der Waals surface area contributed by atoms with E-state index in [2.05, 4.69) is 29.2 Å². The maximum absolute atomic E-state index is 13.7. The topological polar surface area (TPSA) is 64.5 Å². The van der Waals surface area contributed by atoms with Crippen LogP contribution in [-0.4, -0.2) is 52.2 Å². The van der Waals surface area contributed by atoms with Crippen LogP contribution in [0.1, 0.15) is 130 Å². The highest BCUT2D eigenvalue weighted by Gasteiger charge is 2.41. The van der Waals surface area contributed by atoms with Gasteiger partial charge in [-0.15, -0.1) is 0 Å². The van der Waals surface area contributed by atoms with Crippen molar-refractivity contribution in [2.24, 2.45) is 0 Å². The average molecular weight is 546 g/mol. The van der Waals surface area contributed by atoms with E-state index < -0.39 is 11.6 Å². The van der Waals surface area contributed by atoms with Crippen LogP contribution < -0.4 is 0 Å². The molecule has 0 radical (unpaired) electrons. The summed E-state index contributed by atoms with van der Waals surface area (Å²) in [5, 5.41) is 0. The molecule has 40 heavy (non-hydrogen) atoms. The zero-order valence-corrected chi connectivity index (χ0v) is 24.8. The third-order valence-corrected chi connectivity index (χ3v) is 8.82. The molecule has 3 aliphatic carbocycles. The van der Waals surface area contributed by atoms with Crippen LogP contribution in [0, 0.1) is 0 Å². The van der Waals surface area contributed by atoms with Crippen molar-refractivity contribution in [3.63, 3.8) is 0 Å². The van der Waals surface area contributed by atoms with E-state index in [1.54, 1.807) is 0 Å². The molecule has 2 saturated carbocycles. The molecular weight excluding hydrogens is 498 g/mol. The SMILES string of the molecule is CC(C)(C)OC(=O)C(c1ccc(C2CC2)nc1C1CC1)N1CC[C@@H](OCCCCc2ccc3c(n2)CCCC3)C1. The van der Waals surface area contributed by atoms with Crippen molar-refractivity contribution in [2.45, 2.75) is 127 Å². The number of aromatic nitrogens is 2. The number of pyridine rings is 2. The van der Waals surface area contributed by atoms with Crippen molar-refractivity contribution in [3.05, 3.63) is 58.2 Å². The monoisotopic (exact) mass is 545 g/mol. The number of ether oxygens (including phenoxy) is 2. The number of rotatable bonds is 11. The van der Waals surface area contributed by atoms with E-state index in [9.17, 15) is 4.79 Å². The Morgan fingerprint density at radius 3 is 2.55 bits per heavy atom. The first kappa shape index (κ1) is 27.8. The Labute approximate surface area is 240 Å². The number of fused-ring (bicyclic) bond motifs is 1. The van der Waals surface area contributed by atoms with E-state index in [1.165, 1.54) is 67.6 Å². The summed E-state index contributed by atoms with van der Waals surface area (Å²) in [6.45, 7) is 8.20. The predicted molar refractivity (Wildman–Crippen MR) is 157 cm³/mol. The molecule has 216 valence electrons. The molecule has 0 spiro atoms. The number of esters is 1. The molecule has 6 rings (SSSR count). The number of nitrogens with zero attached hydrogens (tertiary/aromatic N) is 3. The first-order valence-corrected chi connectivity index (χ1v) is 15.9. The molecule has 3 fully saturated rings. The minimum absolute atomic E-state index is 0.148. The van der Waals surface area contributed by atoms with Gasteiger partial charge in [0.1, 0.15) is 11.6 Å². The second-order valence-electron chi connectivity index (χ2n) is 13.5. The maximum Gasteiger partial charge on any atom is 0.328 e. The van der Waals surface area contributed by atoms with E-state index in [4.69, 9.17) is 19.4 Å². The number of likely N-dealkylation sites (tertiary alicyclic amines) is 1. The van der Waals surface area contributed by atoms with Crippen LogP contribution in [0.15, 0.2) is 24.3 Å². The van der Waals surface area contributed by atoms with Crippen molar-refractivity contribution < 1.29 is 14.3 Å². The van der Waals surface area contributed by atoms with E-state index >= 15 is 0 Å². The zero-order chi connectivity index (χ0) is 27.7. The van der Waals surface area contributed by atoms with Gasteiger partial charge in [0.15, 0.2) is 0 Å². The quantitative estimate of drug-likeness (QED) is 0.234. The third-order valence-electron chi connectivity index (χ3n) is 8.82. The summed E-state index contributed by atoms with van der Waals surface area (Å²) in [5.74, 6) is 0.936. The van der Waals surface area contributed by atoms with Crippen LogP contribution in [0.25, 0.3) is 0 Å². The molecule has 0 bridgehead atoms. The second kappa shape index (κ2) is 11.9. The zero-order valence-electron chi connectivity index (χ0n) is 24.8. The smallest absolute Gasteiger partial charge is 0.328 e. The molecule has 1 saturated heterocycles. The van der Waals surface area contributed by atoms with E-state index in [0.717, 1.165) is 63.1 Å². The Morgan fingerprint density at radius 2 is 1.77 bits per heavy atom. The van der Waals surface area contributed by atoms with Crippen LogP contribution in [0.5, 0.6) is 0 Å². The number of carbonyl (C=O) groups is 1. The van der Waals surface area contributed by atoms with Gasteiger partial charge in [-0.1, -0.05) is 12.1 Å². The summed E-state index contributed by atoms with van der Waals surface area (Å²) < 4.78 is 12.3. The van der Waals surface area contributed by atoms with Crippen LogP contribution in [0.3, 0.4) is 0 Å². The Hall–Kier alpha value is -2.31. The Balaban J connectivity index is 1.06. The summed E-state index contributed by atoms with van der Waals surface area (Å²) in [6, 6.07) is 8.45. The lowest BCUT2D eigenvalue weighted by atomic mass is 9.95. The molecule has 2 aromatic rings. The highest BCUT2D eigenvalue weighted by Crippen LogP contribution is 2.46. The normalized spacial score (nSPS) is 22.2. The van der Waals surface area contributed by atoms with Crippen LogP contribution in [-0.2, 0) is 33.5 Å². The van der Waals surface area contributed by atoms with Gasteiger partial charge in [0, 0.05) is 59.9 Å². The third kappa shape index (κ3) is 6.94. The van der Waals surface area contributed by atoms with Crippen molar-refractivity contribution in [1.82, 2.24) is 14.9 Å². The van der Waals surface area contributed by atoms with E-state index in [0.29, 0.717) is 11.8 Å². The van der Waals surface area contributed by atoms with Gasteiger partial charge in [0.2, 0.25) is 0 Å². The minimum Gasteiger partial charge on any atom is -0.459 e. The Bertz CT molecular complexity index is 1200. The summed E-state index contributed by atoms with van der Waals surface area (Å²) in [6.07, 6.45) is 13.9. The lowest BCUT2D eigenvalue weighted by Gasteiger charge is -2.31. The Morgan fingerprint density at radius 1 is 0.975 bits per heavy atom. The van der Waals surface area contributed by atoms with Gasteiger partial charge in [-0.25, -0.2) is 4.79 Å². The fourth-order valence-electron chi connectivity index (χ4n) is 6.40. The molecule has 0 N–H and O–H groups in total. The molecule has 6 heteroatoms. The molecular formula is C34H47N3O3. The maximum atomic E-state index is 13.7. The fraction of sp³-hybridized carbons (Fsp3) is 0.676. The van der Waals surface area contributed by atoms with Gasteiger partial charge in [-0.3, -0.25) is 14.9 Å². The lowest BCUT2D eigenvalue weighted by Crippen LogP contribution is -2.38. The van der Waals surface area contributed by atoms with Crippen LogP contribution >= 0.6 is 0 Å². The number of unbranched alkanes of at least 4 members (excludes halogenated alkanes) is 1. The second-order valence-corrected chi connectivity index (χ2v) is 13.5. The predicted octanol–water partition coefficient (Wildman–Crippen LogP) is 6.61. The molecule has 6 nitrogen and oxygen atoms in total. The standard InChI is InChI=1S/C34H47N3O3/c1-34(2,3)40-33(38)32(28-17-18-30(24-11-12-24)36-31(28)25-13-14-25)37-20-19-27(22-37)39-21-7-6-9-26-16-15-23-8-4-5-10-29(23)35-26/h15-18,24-25,27,32H,4-14,19-22H2,1-3H3/t27-,32?/m1/s1. The van der Waals surface area contributed by atoms with E-state index in [-0.39, 0.29) is 12.1 Å². The molecule has 0 aromatic carbocycles. The largest absolute Gasteiger partial charge is 0.459 e. The molecule has 4 aliphatic rings. The fourth-order valence-corrected chi connectivity index (χ4v) is 6.40. The summed E-state index contributed by atoms with van der Waals surface area (Å²) >= 11 is 0. The van der Waals surface area contributed by atoms with Crippen molar-refractivity contribution in [3.8, 4) is 0 Å². The number of hydrogen-bond acceptors (Lipinski definition) is 6. The number of carbonyl (C=O) groups excluding carboxylic acids is 1. The van der Waals surface area contributed by atoms with Crippen LogP contribution in [0.2, 0.25) is 0 Å². The first-order valence-electron chi connectivity index (χ1n) is 15.9. The van der Waals surface area contributed by atoms with Gasteiger partial charge in [-0.05, 0) is 116 Å². The van der Waals surface area contributed by atoms with Crippen molar-refractivity contribution >= 4 is 5.97 Å². The average Bonchev–Trinajstić information content (AvgIpc) is 3.86. The minimum atomic E-state index is -0.529. The molecule has 3 heterocycles. The lowest BCUT2D eigenvalue weighted by molar-refractivity contribution is -0.161. The van der Waals surface area contributed by atoms with Gasteiger partial charge < -0.3 is 9.47 Å². The molecule has 0 amide bonds.